The highest BCUT2D eigenvalue weighted by Crippen LogP contribution is 2.15. The van der Waals surface area contributed by atoms with Gasteiger partial charge in [0, 0.05) is 24.4 Å². The number of hydrogen-bond acceptors (Lipinski definition) is 4. The summed E-state index contributed by atoms with van der Waals surface area (Å²) in [7, 11) is 0. The van der Waals surface area contributed by atoms with Gasteiger partial charge in [0.1, 0.15) is 6.10 Å². The lowest BCUT2D eigenvalue weighted by Crippen LogP contribution is -2.41. The third-order valence-corrected chi connectivity index (χ3v) is 4.28. The fraction of sp³-hybridized carbons (Fsp3) is 0.667. The van der Waals surface area contributed by atoms with Crippen LogP contribution >= 0.6 is 0 Å². The average molecular weight is 336 g/mol. The van der Waals surface area contributed by atoms with Crippen molar-refractivity contribution < 1.29 is 14.3 Å². The van der Waals surface area contributed by atoms with E-state index in [1.807, 2.05) is 33.8 Å². The molecule has 0 aromatic carbocycles. The zero-order valence-electron chi connectivity index (χ0n) is 15.0. The number of pyridine rings is 1. The lowest BCUT2D eigenvalue weighted by Gasteiger charge is -2.22. The van der Waals surface area contributed by atoms with E-state index in [1.54, 1.807) is 0 Å². The molecule has 0 radical (unpaired) electrons. The van der Waals surface area contributed by atoms with Crippen LogP contribution in [0.5, 0.6) is 0 Å². The van der Waals surface area contributed by atoms with Gasteiger partial charge in [-0.3, -0.25) is 9.59 Å². The van der Waals surface area contributed by atoms with E-state index in [0.29, 0.717) is 12.2 Å². The second-order valence-corrected chi connectivity index (χ2v) is 6.79. The van der Waals surface area contributed by atoms with Gasteiger partial charge in [-0.1, -0.05) is 13.8 Å². The van der Waals surface area contributed by atoms with Crippen molar-refractivity contribution in [3.63, 3.8) is 0 Å². The summed E-state index contributed by atoms with van der Waals surface area (Å²) in [6.45, 7) is 9.00. The summed E-state index contributed by atoms with van der Waals surface area (Å²) < 4.78 is 11.3. The largest absolute Gasteiger partial charge is 0.376 e. The fourth-order valence-electron chi connectivity index (χ4n) is 2.94. The molecule has 2 heterocycles. The van der Waals surface area contributed by atoms with Crippen LogP contribution in [0.1, 0.15) is 43.5 Å². The van der Waals surface area contributed by atoms with Crippen LogP contribution in [0.3, 0.4) is 0 Å². The smallest absolute Gasteiger partial charge is 0.253 e. The van der Waals surface area contributed by atoms with E-state index in [1.165, 1.54) is 0 Å². The van der Waals surface area contributed by atoms with Crippen molar-refractivity contribution in [2.45, 2.75) is 59.3 Å². The van der Waals surface area contributed by atoms with E-state index in [2.05, 4.69) is 10.3 Å². The van der Waals surface area contributed by atoms with Crippen molar-refractivity contribution in [2.75, 3.05) is 13.2 Å². The van der Waals surface area contributed by atoms with Crippen molar-refractivity contribution in [2.24, 2.45) is 5.92 Å². The number of carbonyl (C=O) groups excluding carboxylic acids is 1. The molecule has 0 unspecified atom stereocenters. The first-order valence-corrected chi connectivity index (χ1v) is 8.58. The molecule has 0 saturated carbocycles. The van der Waals surface area contributed by atoms with Gasteiger partial charge in [-0.05, 0) is 44.2 Å². The molecule has 2 rings (SSSR count). The molecule has 2 atom stereocenters. The molecule has 1 fully saturated rings. The summed E-state index contributed by atoms with van der Waals surface area (Å²) in [5, 5.41) is 2.83. The molecular weight excluding hydrogens is 308 g/mol. The second kappa shape index (κ2) is 8.44. The normalized spacial score (nSPS) is 18.8. The van der Waals surface area contributed by atoms with E-state index in [4.69, 9.17) is 9.47 Å². The Balaban J connectivity index is 1.94. The maximum atomic E-state index is 12.5. The highest BCUT2D eigenvalue weighted by atomic mass is 16.5. The minimum absolute atomic E-state index is 0.0452. The van der Waals surface area contributed by atoms with Crippen molar-refractivity contribution in [1.29, 1.82) is 0 Å². The van der Waals surface area contributed by atoms with E-state index < -0.39 is 6.10 Å². The Morgan fingerprint density at radius 3 is 2.79 bits per heavy atom. The molecule has 1 aromatic rings. The topological polar surface area (TPSA) is 80.4 Å². The number of carbonyl (C=O) groups is 1. The van der Waals surface area contributed by atoms with Gasteiger partial charge in [0.05, 0.1) is 12.7 Å². The van der Waals surface area contributed by atoms with Crippen LogP contribution in [0.2, 0.25) is 0 Å². The predicted molar refractivity (Wildman–Crippen MR) is 91.9 cm³/mol. The van der Waals surface area contributed by atoms with Crippen LogP contribution in [0.25, 0.3) is 0 Å². The van der Waals surface area contributed by atoms with E-state index in [-0.39, 0.29) is 30.0 Å². The molecule has 6 nitrogen and oxygen atoms in total. The Morgan fingerprint density at radius 2 is 2.21 bits per heavy atom. The van der Waals surface area contributed by atoms with E-state index in [0.717, 1.165) is 30.7 Å². The average Bonchev–Trinajstić information content (AvgIpc) is 2.99. The second-order valence-electron chi connectivity index (χ2n) is 6.79. The van der Waals surface area contributed by atoms with Gasteiger partial charge < -0.3 is 19.8 Å². The van der Waals surface area contributed by atoms with Crippen LogP contribution in [0.4, 0.5) is 0 Å². The lowest BCUT2D eigenvalue weighted by atomic mass is 10.1. The zero-order chi connectivity index (χ0) is 17.7. The van der Waals surface area contributed by atoms with Crippen LogP contribution in [0.15, 0.2) is 10.9 Å². The lowest BCUT2D eigenvalue weighted by molar-refractivity contribution is -0.138. The van der Waals surface area contributed by atoms with Crippen LogP contribution in [0, 0.1) is 19.8 Å². The van der Waals surface area contributed by atoms with E-state index >= 15 is 0 Å². The molecule has 2 N–H and O–H groups in total. The molecular formula is C18H28N2O4. The van der Waals surface area contributed by atoms with Gasteiger partial charge in [-0.25, -0.2) is 0 Å². The molecule has 1 aromatic heterocycles. The first kappa shape index (κ1) is 18.7. The van der Waals surface area contributed by atoms with Gasteiger partial charge in [0.15, 0.2) is 0 Å². The van der Waals surface area contributed by atoms with Crippen molar-refractivity contribution in [3.05, 3.63) is 33.2 Å². The summed E-state index contributed by atoms with van der Waals surface area (Å²) >= 11 is 0. The Hall–Kier alpha value is -1.66. The predicted octanol–water partition coefficient (Wildman–Crippen LogP) is 1.83. The van der Waals surface area contributed by atoms with Crippen molar-refractivity contribution >= 4 is 5.91 Å². The van der Waals surface area contributed by atoms with Crippen LogP contribution in [-0.2, 0) is 20.8 Å². The summed E-state index contributed by atoms with van der Waals surface area (Å²) in [4.78, 5) is 27.2. The number of hydrogen-bond donors (Lipinski definition) is 2. The summed E-state index contributed by atoms with van der Waals surface area (Å²) in [6, 6.07) is 1.90. The summed E-state index contributed by atoms with van der Waals surface area (Å²) in [6.07, 6.45) is 1.56. The molecule has 0 aliphatic carbocycles. The van der Waals surface area contributed by atoms with Crippen LogP contribution < -0.4 is 10.9 Å². The van der Waals surface area contributed by atoms with Crippen LogP contribution in [-0.4, -0.2) is 36.3 Å². The summed E-state index contributed by atoms with van der Waals surface area (Å²) in [5.41, 5.74) is 2.11. The Kier molecular flexibility index (Phi) is 6.57. The highest BCUT2D eigenvalue weighted by Gasteiger charge is 2.26. The third-order valence-electron chi connectivity index (χ3n) is 4.28. The minimum Gasteiger partial charge on any atom is -0.376 e. The molecule has 134 valence electrons. The first-order valence-electron chi connectivity index (χ1n) is 8.58. The third kappa shape index (κ3) is 4.92. The SMILES string of the molecule is Cc1cc(C)c(CNC(=O)[C@@H](OC[C@@H]2CCCO2)C(C)C)c(=O)[nH]1. The number of H-pyrrole nitrogens is 1. The van der Waals surface area contributed by atoms with Gasteiger partial charge >= 0.3 is 0 Å². The van der Waals surface area contributed by atoms with Gasteiger partial charge in [0.2, 0.25) is 5.91 Å². The number of aryl methyl sites for hydroxylation is 2. The van der Waals surface area contributed by atoms with E-state index in [9.17, 15) is 9.59 Å². The number of amides is 1. The van der Waals surface area contributed by atoms with Gasteiger partial charge in [-0.15, -0.1) is 0 Å². The Morgan fingerprint density at radius 1 is 1.46 bits per heavy atom. The standard InChI is InChI=1S/C18H28N2O4/c1-11(2)16(24-10-14-6-5-7-23-14)18(22)19-9-15-12(3)8-13(4)20-17(15)21/h8,11,14,16H,5-7,9-10H2,1-4H3,(H,19,22)(H,20,21)/t14-,16-/m0/s1. The number of aromatic amines is 1. The molecule has 0 bridgehead atoms. The number of ether oxygens (including phenoxy) is 2. The van der Waals surface area contributed by atoms with Gasteiger partial charge in [-0.2, -0.15) is 0 Å². The molecule has 1 aliphatic heterocycles. The summed E-state index contributed by atoms with van der Waals surface area (Å²) in [5.74, 6) is -0.147. The molecule has 1 amide bonds. The zero-order valence-corrected chi connectivity index (χ0v) is 15.0. The molecule has 1 aliphatic rings. The van der Waals surface area contributed by atoms with Crippen molar-refractivity contribution in [1.82, 2.24) is 10.3 Å². The quantitative estimate of drug-likeness (QED) is 0.796. The Labute approximate surface area is 142 Å². The first-order chi connectivity index (χ1) is 11.4. The maximum absolute atomic E-state index is 12.5. The Bertz CT molecular complexity index is 618. The maximum Gasteiger partial charge on any atom is 0.253 e. The fourth-order valence-corrected chi connectivity index (χ4v) is 2.94. The van der Waals surface area contributed by atoms with Crippen molar-refractivity contribution in [3.8, 4) is 0 Å². The number of rotatable bonds is 7. The molecule has 0 spiro atoms. The minimum atomic E-state index is -0.543. The monoisotopic (exact) mass is 336 g/mol. The highest BCUT2D eigenvalue weighted by molar-refractivity contribution is 5.81. The number of nitrogens with one attached hydrogen (secondary N) is 2. The van der Waals surface area contributed by atoms with Gasteiger partial charge in [0.25, 0.3) is 5.56 Å². The number of aromatic nitrogens is 1. The molecule has 24 heavy (non-hydrogen) atoms. The molecule has 1 saturated heterocycles. The molecule has 6 heteroatoms.